The number of amidine groups is 1. The first-order valence-electron chi connectivity index (χ1n) is 6.10. The van der Waals surface area contributed by atoms with Crippen LogP contribution in [0.2, 0.25) is 0 Å². The van der Waals surface area contributed by atoms with E-state index in [1.54, 1.807) is 0 Å². The van der Waals surface area contributed by atoms with Gasteiger partial charge in [0.05, 0.1) is 11.8 Å². The predicted molar refractivity (Wildman–Crippen MR) is 78.0 cm³/mol. The van der Waals surface area contributed by atoms with E-state index in [9.17, 15) is 13.2 Å². The van der Waals surface area contributed by atoms with Gasteiger partial charge in [0.1, 0.15) is 0 Å². The summed E-state index contributed by atoms with van der Waals surface area (Å²) in [5.74, 6) is 0.877. The van der Waals surface area contributed by atoms with Crippen LogP contribution in [-0.4, -0.2) is 17.1 Å². The number of benzene rings is 1. The highest BCUT2D eigenvalue weighted by Crippen LogP contribution is 2.28. The van der Waals surface area contributed by atoms with Crippen molar-refractivity contribution in [3.8, 4) is 0 Å². The van der Waals surface area contributed by atoms with Crippen molar-refractivity contribution < 1.29 is 13.2 Å². The van der Waals surface area contributed by atoms with Crippen LogP contribution in [0.25, 0.3) is 0 Å². The van der Waals surface area contributed by atoms with Crippen molar-refractivity contribution in [2.24, 2.45) is 15.9 Å². The van der Waals surface area contributed by atoms with Crippen molar-refractivity contribution in [3.05, 3.63) is 35.4 Å². The van der Waals surface area contributed by atoms with Crippen LogP contribution in [-0.2, 0) is 6.18 Å². The molecule has 0 aliphatic heterocycles. The van der Waals surface area contributed by atoms with E-state index in [2.05, 4.69) is 17.1 Å². The standard InChI is InChI=1S/C13H16F3N3S/c1-2-3-8-20-12(17)19-18-9-10-4-6-11(7-5-10)13(14,15)16/h4-7,9H,2-3,8H2,1H3,(H2,17,19)/b18-9+. The van der Waals surface area contributed by atoms with Crippen LogP contribution in [0.1, 0.15) is 30.9 Å². The molecule has 0 fully saturated rings. The third kappa shape index (κ3) is 6.10. The Labute approximate surface area is 120 Å². The molecule has 7 heteroatoms. The van der Waals surface area contributed by atoms with Gasteiger partial charge < -0.3 is 5.73 Å². The maximum atomic E-state index is 12.4. The van der Waals surface area contributed by atoms with Crippen LogP contribution in [0.15, 0.2) is 34.5 Å². The fourth-order valence-corrected chi connectivity index (χ4v) is 2.01. The molecule has 0 saturated carbocycles. The van der Waals surface area contributed by atoms with E-state index in [4.69, 9.17) is 5.73 Å². The second kappa shape index (κ2) is 7.94. The van der Waals surface area contributed by atoms with Crippen LogP contribution < -0.4 is 5.73 Å². The summed E-state index contributed by atoms with van der Waals surface area (Å²) in [6.07, 6.45) is -0.833. The normalized spacial score (nSPS) is 13.1. The van der Waals surface area contributed by atoms with Gasteiger partial charge in [-0.25, -0.2) is 0 Å². The summed E-state index contributed by atoms with van der Waals surface area (Å²) in [6.45, 7) is 2.08. The lowest BCUT2D eigenvalue weighted by molar-refractivity contribution is -0.137. The maximum Gasteiger partial charge on any atom is 0.416 e. The molecule has 0 unspecified atom stereocenters. The fraction of sp³-hybridized carbons (Fsp3) is 0.385. The zero-order chi connectivity index (χ0) is 15.0. The lowest BCUT2D eigenvalue weighted by Gasteiger charge is -2.05. The largest absolute Gasteiger partial charge is 0.416 e. The summed E-state index contributed by atoms with van der Waals surface area (Å²) in [4.78, 5) is 0. The third-order valence-electron chi connectivity index (χ3n) is 2.35. The number of hydrogen-bond acceptors (Lipinski definition) is 3. The second-order valence-electron chi connectivity index (χ2n) is 4.00. The third-order valence-corrected chi connectivity index (χ3v) is 3.22. The molecule has 1 aromatic carbocycles. The summed E-state index contributed by atoms with van der Waals surface area (Å²) in [5, 5.41) is 7.86. The number of nitrogens with zero attached hydrogens (tertiary/aromatic N) is 2. The lowest BCUT2D eigenvalue weighted by atomic mass is 10.1. The molecular formula is C13H16F3N3S. The first-order valence-corrected chi connectivity index (χ1v) is 7.08. The van der Waals surface area contributed by atoms with Crippen molar-refractivity contribution in [1.82, 2.24) is 0 Å². The molecule has 0 aromatic heterocycles. The van der Waals surface area contributed by atoms with Gasteiger partial charge in [-0.15, -0.1) is 5.10 Å². The van der Waals surface area contributed by atoms with E-state index in [-0.39, 0.29) is 0 Å². The zero-order valence-corrected chi connectivity index (χ0v) is 11.8. The summed E-state index contributed by atoms with van der Waals surface area (Å²) in [7, 11) is 0. The lowest BCUT2D eigenvalue weighted by Crippen LogP contribution is -2.06. The Hall–Kier alpha value is -1.50. The van der Waals surface area contributed by atoms with Gasteiger partial charge in [-0.2, -0.15) is 18.3 Å². The van der Waals surface area contributed by atoms with Gasteiger partial charge in [0.15, 0.2) is 5.17 Å². The zero-order valence-electron chi connectivity index (χ0n) is 11.0. The monoisotopic (exact) mass is 303 g/mol. The van der Waals surface area contributed by atoms with Crippen LogP contribution >= 0.6 is 11.8 Å². The summed E-state index contributed by atoms with van der Waals surface area (Å²) >= 11 is 1.41. The molecule has 0 bridgehead atoms. The van der Waals surface area contributed by atoms with E-state index in [1.807, 2.05) is 0 Å². The molecule has 0 spiro atoms. The first kappa shape index (κ1) is 16.6. The van der Waals surface area contributed by atoms with Crippen LogP contribution in [0, 0.1) is 0 Å². The van der Waals surface area contributed by atoms with Gasteiger partial charge in [0.25, 0.3) is 0 Å². The Kier molecular flexibility index (Phi) is 6.57. The Bertz CT molecular complexity index is 467. The van der Waals surface area contributed by atoms with Gasteiger partial charge in [0, 0.05) is 5.75 Å². The van der Waals surface area contributed by atoms with E-state index >= 15 is 0 Å². The highest BCUT2D eigenvalue weighted by atomic mass is 32.2. The van der Waals surface area contributed by atoms with Crippen LogP contribution in [0.3, 0.4) is 0 Å². The van der Waals surface area contributed by atoms with Crippen molar-refractivity contribution in [3.63, 3.8) is 0 Å². The van der Waals surface area contributed by atoms with Crippen molar-refractivity contribution in [2.75, 3.05) is 5.75 Å². The Morgan fingerprint density at radius 3 is 2.50 bits per heavy atom. The molecule has 110 valence electrons. The van der Waals surface area contributed by atoms with Gasteiger partial charge in [-0.3, -0.25) is 0 Å². The molecule has 1 aromatic rings. The average molecular weight is 303 g/mol. The Morgan fingerprint density at radius 1 is 1.30 bits per heavy atom. The molecule has 20 heavy (non-hydrogen) atoms. The fourth-order valence-electron chi connectivity index (χ4n) is 1.26. The van der Waals surface area contributed by atoms with E-state index < -0.39 is 11.7 Å². The number of thioether (sulfide) groups is 1. The maximum absolute atomic E-state index is 12.4. The average Bonchev–Trinajstić information content (AvgIpc) is 2.38. The molecule has 3 nitrogen and oxygen atoms in total. The number of alkyl halides is 3. The van der Waals surface area contributed by atoms with E-state index in [0.717, 1.165) is 30.7 Å². The molecule has 0 saturated heterocycles. The van der Waals surface area contributed by atoms with Gasteiger partial charge >= 0.3 is 6.18 Å². The first-order chi connectivity index (χ1) is 9.43. The minimum Gasteiger partial charge on any atom is -0.377 e. The van der Waals surface area contributed by atoms with E-state index in [1.165, 1.54) is 30.1 Å². The summed E-state index contributed by atoms with van der Waals surface area (Å²) in [6, 6.07) is 4.68. The number of halogens is 3. The van der Waals surface area contributed by atoms with E-state index in [0.29, 0.717) is 10.7 Å². The molecule has 0 amide bonds. The number of hydrogen-bond donors (Lipinski definition) is 1. The number of rotatable bonds is 5. The minimum absolute atomic E-state index is 0.349. The minimum atomic E-state index is -4.33. The molecule has 0 atom stereocenters. The SMILES string of the molecule is CCCCS/C(N)=N/N=C/c1ccc(C(F)(F)F)cc1. The smallest absolute Gasteiger partial charge is 0.377 e. The van der Waals surface area contributed by atoms with Gasteiger partial charge in [-0.1, -0.05) is 37.2 Å². The molecule has 0 radical (unpaired) electrons. The molecule has 0 aliphatic rings. The molecule has 0 heterocycles. The van der Waals surface area contributed by atoms with Crippen molar-refractivity contribution in [2.45, 2.75) is 25.9 Å². The summed E-state index contributed by atoms with van der Waals surface area (Å²) < 4.78 is 37.1. The number of nitrogens with two attached hydrogens (primary N) is 1. The topological polar surface area (TPSA) is 50.7 Å². The number of unbranched alkanes of at least 4 members (excludes halogenated alkanes) is 1. The van der Waals surface area contributed by atoms with Crippen LogP contribution in [0.5, 0.6) is 0 Å². The molecule has 0 aliphatic carbocycles. The van der Waals surface area contributed by atoms with Crippen molar-refractivity contribution >= 4 is 23.1 Å². The summed E-state index contributed by atoms with van der Waals surface area (Å²) in [5.41, 5.74) is 5.46. The Morgan fingerprint density at radius 2 is 1.95 bits per heavy atom. The molecule has 2 N–H and O–H groups in total. The quantitative estimate of drug-likeness (QED) is 0.388. The van der Waals surface area contributed by atoms with Crippen LogP contribution in [0.4, 0.5) is 13.2 Å². The molecular weight excluding hydrogens is 287 g/mol. The second-order valence-corrected chi connectivity index (χ2v) is 5.12. The highest BCUT2D eigenvalue weighted by Gasteiger charge is 2.29. The Balaban J connectivity index is 2.56. The molecule has 1 rings (SSSR count). The highest BCUT2D eigenvalue weighted by molar-refractivity contribution is 8.13. The predicted octanol–water partition coefficient (Wildman–Crippen LogP) is 3.89. The van der Waals surface area contributed by atoms with Gasteiger partial charge in [-0.05, 0) is 24.1 Å². The van der Waals surface area contributed by atoms with Crippen molar-refractivity contribution in [1.29, 1.82) is 0 Å². The van der Waals surface area contributed by atoms with Gasteiger partial charge in [0.2, 0.25) is 0 Å².